The summed E-state index contributed by atoms with van der Waals surface area (Å²) in [5, 5.41) is 2.69. The molecule has 2 aromatic rings. The van der Waals surface area contributed by atoms with Crippen LogP contribution in [0.1, 0.15) is 37.0 Å². The van der Waals surface area contributed by atoms with Crippen molar-refractivity contribution in [1.29, 1.82) is 0 Å². The molecule has 39 heavy (non-hydrogen) atoms. The summed E-state index contributed by atoms with van der Waals surface area (Å²) in [5.74, 6) is -1.44. The van der Waals surface area contributed by atoms with Crippen molar-refractivity contribution in [1.82, 2.24) is 15.2 Å². The quantitative estimate of drug-likeness (QED) is 0.481. The Bertz CT molecular complexity index is 1200. The number of rotatable bonds is 9. The van der Waals surface area contributed by atoms with Crippen LogP contribution in [0.2, 0.25) is 0 Å². The highest BCUT2D eigenvalue weighted by atomic mass is 19.1. The van der Waals surface area contributed by atoms with Crippen LogP contribution in [0.4, 0.5) is 20.6 Å². The van der Waals surface area contributed by atoms with Crippen LogP contribution in [0.25, 0.3) is 0 Å². The van der Waals surface area contributed by atoms with Crippen molar-refractivity contribution in [3.63, 3.8) is 0 Å². The predicted octanol–water partition coefficient (Wildman–Crippen LogP) is 2.36. The van der Waals surface area contributed by atoms with Crippen LogP contribution in [0, 0.1) is 5.82 Å². The molecule has 0 spiro atoms. The van der Waals surface area contributed by atoms with Crippen molar-refractivity contribution in [2.75, 3.05) is 49.1 Å². The first-order chi connectivity index (χ1) is 18.8. The molecule has 1 N–H and O–H groups in total. The van der Waals surface area contributed by atoms with Gasteiger partial charge in [-0.2, -0.15) is 0 Å². The second-order valence-electron chi connectivity index (χ2n) is 9.34. The first kappa shape index (κ1) is 27.8. The molecule has 4 rings (SSSR count). The fourth-order valence-corrected chi connectivity index (χ4v) is 4.60. The van der Waals surface area contributed by atoms with E-state index in [-0.39, 0.29) is 37.4 Å². The van der Waals surface area contributed by atoms with Gasteiger partial charge in [-0.25, -0.2) is 9.18 Å². The Morgan fingerprint density at radius 3 is 2.64 bits per heavy atom. The number of piperazine rings is 1. The highest BCUT2D eigenvalue weighted by Gasteiger charge is 2.33. The molecule has 2 aliphatic heterocycles. The fourth-order valence-electron chi connectivity index (χ4n) is 4.60. The Morgan fingerprint density at radius 1 is 1.21 bits per heavy atom. The van der Waals surface area contributed by atoms with Gasteiger partial charge < -0.3 is 24.6 Å². The number of nitrogens with zero attached hydrogens (tertiary/aromatic N) is 4. The highest BCUT2D eigenvalue weighted by molar-refractivity contribution is 5.97. The number of esters is 1. The minimum absolute atomic E-state index is 0.136. The van der Waals surface area contributed by atoms with Crippen molar-refractivity contribution in [3.8, 4) is 0 Å². The Morgan fingerprint density at radius 2 is 1.97 bits per heavy atom. The third-order valence-corrected chi connectivity index (χ3v) is 6.67. The molecule has 0 radical (unpaired) electrons. The zero-order chi connectivity index (χ0) is 27.9. The monoisotopic (exact) mass is 541 g/mol. The van der Waals surface area contributed by atoms with E-state index in [0.29, 0.717) is 49.5 Å². The minimum atomic E-state index is -0.721. The second-order valence-corrected chi connectivity index (χ2v) is 9.34. The molecule has 11 nitrogen and oxygen atoms in total. The standard InChI is InChI=1S/C27H32FN5O6/c1-3-38-24(34)9-7-21-17-33(27(37)39-21)20-6-8-23(22(28)15-20)31-11-13-32(14-12-31)26(36)18(2)30-25(35)19-5-4-10-29-16-19/h4-6,8,10,15-16,18,21H,3,7,9,11-14,17H2,1-2H3,(H,30,35)/t18-,21-/m0/s1. The molecule has 2 aliphatic rings. The lowest BCUT2D eigenvalue weighted by atomic mass is 10.1. The van der Waals surface area contributed by atoms with Crippen molar-refractivity contribution in [2.24, 2.45) is 0 Å². The fraction of sp³-hybridized carbons (Fsp3) is 0.444. The molecule has 0 saturated carbocycles. The van der Waals surface area contributed by atoms with Crippen LogP contribution < -0.4 is 15.1 Å². The van der Waals surface area contributed by atoms with Gasteiger partial charge in [0.1, 0.15) is 18.0 Å². The number of anilines is 2. The first-order valence-corrected chi connectivity index (χ1v) is 12.9. The Kier molecular flexibility index (Phi) is 8.95. The maximum atomic E-state index is 15.1. The number of halogens is 1. The van der Waals surface area contributed by atoms with Crippen molar-refractivity contribution < 1.29 is 33.0 Å². The van der Waals surface area contributed by atoms with Crippen LogP contribution in [-0.2, 0) is 19.1 Å². The highest BCUT2D eigenvalue weighted by Crippen LogP contribution is 2.29. The molecule has 1 aromatic carbocycles. The molecule has 12 heteroatoms. The van der Waals surface area contributed by atoms with Gasteiger partial charge in [0.05, 0.1) is 30.1 Å². The Balaban J connectivity index is 1.29. The summed E-state index contributed by atoms with van der Waals surface area (Å²) >= 11 is 0. The molecule has 3 heterocycles. The zero-order valence-corrected chi connectivity index (χ0v) is 22.0. The third-order valence-electron chi connectivity index (χ3n) is 6.67. The molecule has 0 unspecified atom stereocenters. The Labute approximate surface area is 225 Å². The number of cyclic esters (lactones) is 1. The van der Waals surface area contributed by atoms with Crippen molar-refractivity contribution in [2.45, 2.75) is 38.8 Å². The number of carbonyl (C=O) groups excluding carboxylic acids is 4. The molecular formula is C27H32FN5O6. The topological polar surface area (TPSA) is 121 Å². The van der Waals surface area contributed by atoms with Gasteiger partial charge >= 0.3 is 12.1 Å². The minimum Gasteiger partial charge on any atom is -0.466 e. The normalized spacial score (nSPS) is 18.0. The predicted molar refractivity (Wildman–Crippen MR) is 140 cm³/mol. The molecular weight excluding hydrogens is 509 g/mol. The lowest BCUT2D eigenvalue weighted by Gasteiger charge is -2.37. The summed E-state index contributed by atoms with van der Waals surface area (Å²) in [6.45, 7) is 5.41. The number of ether oxygens (including phenoxy) is 2. The maximum absolute atomic E-state index is 15.1. The SMILES string of the molecule is CCOC(=O)CC[C@H]1CN(c2ccc(N3CCN(C(=O)[C@H](C)NC(=O)c4cccnc4)CC3)c(F)c2)C(=O)O1. The summed E-state index contributed by atoms with van der Waals surface area (Å²) in [6, 6.07) is 7.10. The van der Waals surface area contributed by atoms with Gasteiger partial charge in [-0.3, -0.25) is 24.3 Å². The van der Waals surface area contributed by atoms with Gasteiger partial charge in [-0.15, -0.1) is 0 Å². The Hall–Kier alpha value is -4.22. The van der Waals surface area contributed by atoms with Crippen molar-refractivity contribution >= 4 is 35.3 Å². The summed E-state index contributed by atoms with van der Waals surface area (Å²) in [5.41, 5.74) is 1.11. The van der Waals surface area contributed by atoms with E-state index < -0.39 is 24.1 Å². The molecule has 208 valence electrons. The first-order valence-electron chi connectivity index (χ1n) is 12.9. The van der Waals surface area contributed by atoms with Gasteiger partial charge in [-0.1, -0.05) is 0 Å². The summed E-state index contributed by atoms with van der Waals surface area (Å²) < 4.78 is 25.4. The summed E-state index contributed by atoms with van der Waals surface area (Å²) in [7, 11) is 0. The van der Waals surface area contributed by atoms with Crippen LogP contribution in [0.5, 0.6) is 0 Å². The number of nitrogens with one attached hydrogen (secondary N) is 1. The maximum Gasteiger partial charge on any atom is 0.414 e. The van der Waals surface area contributed by atoms with Gasteiger partial charge in [0.15, 0.2) is 0 Å². The molecule has 2 fully saturated rings. The van der Waals surface area contributed by atoms with E-state index in [1.807, 2.05) is 4.90 Å². The molecule has 2 atom stereocenters. The third kappa shape index (κ3) is 6.81. The summed E-state index contributed by atoms with van der Waals surface area (Å²) in [4.78, 5) is 57.9. The van der Waals surface area contributed by atoms with Gasteiger partial charge in [0, 0.05) is 45.0 Å². The van der Waals surface area contributed by atoms with Crippen LogP contribution in [0.3, 0.4) is 0 Å². The van der Waals surface area contributed by atoms with Gasteiger partial charge in [0.2, 0.25) is 5.91 Å². The molecule has 3 amide bonds. The lowest BCUT2D eigenvalue weighted by Crippen LogP contribution is -2.54. The van der Waals surface area contributed by atoms with E-state index in [0.717, 1.165) is 0 Å². The average molecular weight is 542 g/mol. The van der Waals surface area contributed by atoms with Gasteiger partial charge in [-0.05, 0) is 50.6 Å². The lowest BCUT2D eigenvalue weighted by molar-refractivity contribution is -0.143. The average Bonchev–Trinajstić information content (AvgIpc) is 3.32. The number of hydrogen-bond acceptors (Lipinski definition) is 8. The van der Waals surface area contributed by atoms with E-state index in [1.165, 1.54) is 17.2 Å². The van der Waals surface area contributed by atoms with E-state index in [9.17, 15) is 19.2 Å². The van der Waals surface area contributed by atoms with Gasteiger partial charge in [0.25, 0.3) is 5.91 Å². The molecule has 2 saturated heterocycles. The number of benzene rings is 1. The molecule has 1 aromatic heterocycles. The molecule has 0 bridgehead atoms. The van der Waals surface area contributed by atoms with E-state index in [2.05, 4.69) is 10.3 Å². The largest absolute Gasteiger partial charge is 0.466 e. The van der Waals surface area contributed by atoms with Crippen LogP contribution in [-0.4, -0.2) is 85.2 Å². The van der Waals surface area contributed by atoms with E-state index >= 15 is 4.39 Å². The van der Waals surface area contributed by atoms with Crippen LogP contribution in [0.15, 0.2) is 42.7 Å². The van der Waals surface area contributed by atoms with Crippen LogP contribution >= 0.6 is 0 Å². The van der Waals surface area contributed by atoms with E-state index in [1.54, 1.807) is 49.2 Å². The second kappa shape index (κ2) is 12.5. The molecule has 0 aliphatic carbocycles. The van der Waals surface area contributed by atoms with Crippen molar-refractivity contribution in [3.05, 3.63) is 54.1 Å². The summed E-state index contributed by atoms with van der Waals surface area (Å²) in [6.07, 6.45) is 2.39. The van der Waals surface area contributed by atoms with E-state index in [4.69, 9.17) is 9.47 Å². The smallest absolute Gasteiger partial charge is 0.414 e. The number of amides is 3. The number of carbonyl (C=O) groups is 4. The number of aromatic nitrogens is 1. The number of hydrogen-bond donors (Lipinski definition) is 1. The zero-order valence-electron chi connectivity index (χ0n) is 22.0. The number of pyridine rings is 1.